The topological polar surface area (TPSA) is 51.0 Å². The predicted molar refractivity (Wildman–Crippen MR) is 135 cm³/mol. The van der Waals surface area contributed by atoms with Crippen molar-refractivity contribution in [1.82, 2.24) is 14.5 Å². The number of pyridine rings is 1. The molecule has 0 fully saturated rings. The lowest BCUT2D eigenvalue weighted by atomic mass is 10.0. The Balaban J connectivity index is 1.70. The van der Waals surface area contributed by atoms with E-state index in [4.69, 9.17) is 16.6 Å². The fourth-order valence-corrected chi connectivity index (χ4v) is 4.06. The van der Waals surface area contributed by atoms with Gasteiger partial charge in [0.25, 0.3) is 5.56 Å². The molecule has 0 saturated carbocycles. The molecule has 0 unspecified atom stereocenters. The van der Waals surface area contributed by atoms with Crippen LogP contribution in [0.4, 0.5) is 5.69 Å². The van der Waals surface area contributed by atoms with Gasteiger partial charge in [0.1, 0.15) is 11.6 Å². The Bertz CT molecular complexity index is 1510. The fraction of sp³-hybridized carbons (Fsp3) is 0.0741. The van der Waals surface area contributed by atoms with Gasteiger partial charge in [-0.05, 0) is 35.9 Å². The maximum Gasteiger partial charge on any atom is 0.267 e. The van der Waals surface area contributed by atoms with Gasteiger partial charge in [-0.2, -0.15) is 0 Å². The molecule has 0 atom stereocenters. The molecule has 6 heteroatoms. The monoisotopic (exact) mass is 452 g/mol. The van der Waals surface area contributed by atoms with Crippen LogP contribution in [0.5, 0.6) is 0 Å². The summed E-state index contributed by atoms with van der Waals surface area (Å²) >= 11 is 6.03. The highest BCUT2D eigenvalue weighted by atomic mass is 35.5. The van der Waals surface area contributed by atoms with E-state index >= 15 is 0 Å². The SMILES string of the molecule is CN(C)c1ccccc1-c1ccc(-c2nc3ccccc3c(=O)n2-c2ccc(Cl)cn2)cc1. The van der Waals surface area contributed by atoms with Gasteiger partial charge in [-0.3, -0.25) is 4.79 Å². The molecule has 0 amide bonds. The summed E-state index contributed by atoms with van der Waals surface area (Å²) in [5, 5.41) is 1.04. The van der Waals surface area contributed by atoms with Crippen molar-refractivity contribution in [1.29, 1.82) is 0 Å². The van der Waals surface area contributed by atoms with Crippen LogP contribution >= 0.6 is 11.6 Å². The summed E-state index contributed by atoms with van der Waals surface area (Å²) in [7, 11) is 4.06. The van der Waals surface area contributed by atoms with E-state index in [1.165, 1.54) is 6.20 Å². The Morgan fingerprint density at radius 2 is 1.52 bits per heavy atom. The molecule has 2 aromatic heterocycles. The molecule has 0 bridgehead atoms. The van der Waals surface area contributed by atoms with Gasteiger partial charge in [-0.25, -0.2) is 14.5 Å². The number of rotatable bonds is 4. The second-order valence-electron chi connectivity index (χ2n) is 7.92. The number of para-hydroxylation sites is 2. The third-order valence-electron chi connectivity index (χ3n) is 5.56. The molecule has 0 aliphatic carbocycles. The van der Waals surface area contributed by atoms with Crippen molar-refractivity contribution in [3.63, 3.8) is 0 Å². The number of hydrogen-bond acceptors (Lipinski definition) is 4. The van der Waals surface area contributed by atoms with Crippen molar-refractivity contribution >= 4 is 28.2 Å². The normalized spacial score (nSPS) is 11.0. The number of aromatic nitrogens is 3. The maximum atomic E-state index is 13.5. The summed E-state index contributed by atoms with van der Waals surface area (Å²) in [5.74, 6) is 1.00. The number of fused-ring (bicyclic) bond motifs is 1. The van der Waals surface area contributed by atoms with E-state index < -0.39 is 0 Å². The minimum Gasteiger partial charge on any atom is -0.377 e. The van der Waals surface area contributed by atoms with E-state index in [9.17, 15) is 4.79 Å². The summed E-state index contributed by atoms with van der Waals surface area (Å²) in [6, 6.07) is 27.1. The average molecular weight is 453 g/mol. The molecule has 0 aliphatic heterocycles. The van der Waals surface area contributed by atoms with Crippen LogP contribution in [0, 0.1) is 0 Å². The lowest BCUT2D eigenvalue weighted by Gasteiger charge is -2.18. The zero-order valence-corrected chi connectivity index (χ0v) is 19.0. The fourth-order valence-electron chi connectivity index (χ4n) is 3.95. The van der Waals surface area contributed by atoms with Crippen molar-refractivity contribution in [3.8, 4) is 28.3 Å². The molecular weight excluding hydrogens is 432 g/mol. The van der Waals surface area contributed by atoms with E-state index in [0.717, 1.165) is 22.4 Å². The Hall–Kier alpha value is -3.96. The third-order valence-corrected chi connectivity index (χ3v) is 5.78. The highest BCUT2D eigenvalue weighted by Crippen LogP contribution is 2.31. The lowest BCUT2D eigenvalue weighted by Crippen LogP contribution is -2.22. The molecule has 162 valence electrons. The van der Waals surface area contributed by atoms with Crippen LogP contribution in [-0.4, -0.2) is 28.6 Å². The minimum absolute atomic E-state index is 0.174. The van der Waals surface area contributed by atoms with E-state index in [1.807, 2.05) is 56.6 Å². The van der Waals surface area contributed by atoms with Gasteiger partial charge >= 0.3 is 0 Å². The number of anilines is 1. The highest BCUT2D eigenvalue weighted by molar-refractivity contribution is 6.30. The third kappa shape index (κ3) is 3.88. The summed E-state index contributed by atoms with van der Waals surface area (Å²) in [4.78, 5) is 24.8. The molecule has 0 N–H and O–H groups in total. The minimum atomic E-state index is -0.174. The summed E-state index contributed by atoms with van der Waals surface area (Å²) in [6.45, 7) is 0. The van der Waals surface area contributed by atoms with Crippen molar-refractivity contribution < 1.29 is 0 Å². The molecule has 0 saturated heterocycles. The summed E-state index contributed by atoms with van der Waals surface area (Å²) in [6.07, 6.45) is 1.53. The predicted octanol–water partition coefficient (Wildman–Crippen LogP) is 5.83. The molecular formula is C27H21ClN4O. The van der Waals surface area contributed by atoms with Crippen molar-refractivity contribution in [2.45, 2.75) is 0 Å². The Morgan fingerprint density at radius 1 is 0.818 bits per heavy atom. The second-order valence-corrected chi connectivity index (χ2v) is 8.35. The van der Waals surface area contributed by atoms with E-state index in [1.54, 1.807) is 22.8 Å². The van der Waals surface area contributed by atoms with Gasteiger partial charge in [0.05, 0.1) is 15.9 Å². The second kappa shape index (κ2) is 8.52. The van der Waals surface area contributed by atoms with E-state index in [-0.39, 0.29) is 5.56 Å². The largest absolute Gasteiger partial charge is 0.377 e. The van der Waals surface area contributed by atoms with Crippen LogP contribution in [0.25, 0.3) is 39.2 Å². The van der Waals surface area contributed by atoms with Crippen LogP contribution in [0.2, 0.25) is 5.02 Å². The van der Waals surface area contributed by atoms with Crippen LogP contribution in [-0.2, 0) is 0 Å². The van der Waals surface area contributed by atoms with Crippen LogP contribution < -0.4 is 10.5 Å². The van der Waals surface area contributed by atoms with Gasteiger partial charge in [-0.1, -0.05) is 66.2 Å². The van der Waals surface area contributed by atoms with Gasteiger partial charge in [0, 0.05) is 37.1 Å². The van der Waals surface area contributed by atoms with Crippen molar-refractivity contribution in [2.75, 3.05) is 19.0 Å². The zero-order chi connectivity index (χ0) is 22.9. The number of benzene rings is 3. The van der Waals surface area contributed by atoms with Gasteiger partial charge in [0.2, 0.25) is 0 Å². The van der Waals surface area contributed by atoms with Gasteiger partial charge in [-0.15, -0.1) is 0 Å². The average Bonchev–Trinajstić information content (AvgIpc) is 2.85. The first-order valence-electron chi connectivity index (χ1n) is 10.5. The Kier molecular flexibility index (Phi) is 5.40. The smallest absolute Gasteiger partial charge is 0.267 e. The number of halogens is 1. The van der Waals surface area contributed by atoms with Gasteiger partial charge in [0.15, 0.2) is 0 Å². The van der Waals surface area contributed by atoms with Crippen molar-refractivity contribution in [3.05, 3.63) is 107 Å². The molecule has 0 aliphatic rings. The Morgan fingerprint density at radius 3 is 2.24 bits per heavy atom. The molecule has 2 heterocycles. The molecule has 5 aromatic rings. The highest BCUT2D eigenvalue weighted by Gasteiger charge is 2.16. The first-order valence-corrected chi connectivity index (χ1v) is 10.9. The van der Waals surface area contributed by atoms with Crippen LogP contribution in [0.3, 0.4) is 0 Å². The first kappa shape index (κ1) is 20.9. The molecule has 5 nitrogen and oxygen atoms in total. The quantitative estimate of drug-likeness (QED) is 0.344. The van der Waals surface area contributed by atoms with E-state index in [0.29, 0.717) is 27.6 Å². The van der Waals surface area contributed by atoms with Crippen LogP contribution in [0.1, 0.15) is 0 Å². The number of hydrogen-bond donors (Lipinski definition) is 0. The summed E-state index contributed by atoms with van der Waals surface area (Å²) in [5.41, 5.74) is 4.65. The molecule has 0 radical (unpaired) electrons. The maximum absolute atomic E-state index is 13.5. The molecule has 33 heavy (non-hydrogen) atoms. The molecule has 3 aromatic carbocycles. The lowest BCUT2D eigenvalue weighted by molar-refractivity contribution is 0.932. The number of nitrogens with zero attached hydrogens (tertiary/aromatic N) is 4. The van der Waals surface area contributed by atoms with Gasteiger partial charge < -0.3 is 4.90 Å². The molecule has 5 rings (SSSR count). The van der Waals surface area contributed by atoms with Crippen LogP contribution in [0.15, 0.2) is 95.9 Å². The first-order chi connectivity index (χ1) is 16.0. The van der Waals surface area contributed by atoms with Crippen molar-refractivity contribution in [2.24, 2.45) is 0 Å². The zero-order valence-electron chi connectivity index (χ0n) is 18.2. The standard InChI is InChI=1S/C27H21ClN4O/c1-31(2)24-10-6-4-7-21(24)18-11-13-19(14-12-18)26-30-23-9-5-3-8-22(23)27(33)32(26)25-16-15-20(28)17-29-25/h3-17H,1-2H3. The Labute approximate surface area is 196 Å². The molecule has 0 spiro atoms. The summed E-state index contributed by atoms with van der Waals surface area (Å²) < 4.78 is 1.54. The van der Waals surface area contributed by atoms with E-state index in [2.05, 4.69) is 34.1 Å².